The summed E-state index contributed by atoms with van der Waals surface area (Å²) in [7, 11) is 1.56. The number of carbonyl (C=O) groups excluding carboxylic acids is 3. The Morgan fingerprint density at radius 1 is 0.886 bits per heavy atom. The predicted molar refractivity (Wildman–Crippen MR) is 136 cm³/mol. The summed E-state index contributed by atoms with van der Waals surface area (Å²) in [6.07, 6.45) is 3.94. The topological polar surface area (TPSA) is 66.9 Å². The molecule has 0 spiro atoms. The molecule has 7 heteroatoms. The maximum Gasteiger partial charge on any atom is 0.240 e. The van der Waals surface area contributed by atoms with Crippen molar-refractivity contribution >= 4 is 51.0 Å². The minimum Gasteiger partial charge on any atom is -0.497 e. The molecule has 2 amide bonds. The van der Waals surface area contributed by atoms with E-state index in [1.54, 1.807) is 43.5 Å². The van der Waals surface area contributed by atoms with Gasteiger partial charge in [0.2, 0.25) is 11.8 Å². The molecule has 6 rings (SSSR count). The van der Waals surface area contributed by atoms with E-state index in [1.807, 2.05) is 53.5 Å². The highest BCUT2D eigenvalue weighted by molar-refractivity contribution is 9.10. The van der Waals surface area contributed by atoms with Gasteiger partial charge in [0.25, 0.3) is 0 Å². The molecular formula is C28H21BrN2O4. The Kier molecular flexibility index (Phi) is 5.11. The minimum atomic E-state index is -0.794. The van der Waals surface area contributed by atoms with Crippen molar-refractivity contribution in [2.75, 3.05) is 16.9 Å². The van der Waals surface area contributed by atoms with Crippen molar-refractivity contribution < 1.29 is 19.1 Å². The normalized spacial score (nSPS) is 24.3. The zero-order valence-corrected chi connectivity index (χ0v) is 20.4. The summed E-state index contributed by atoms with van der Waals surface area (Å²) < 4.78 is 6.08. The van der Waals surface area contributed by atoms with E-state index < -0.39 is 17.9 Å². The van der Waals surface area contributed by atoms with Crippen molar-refractivity contribution in [3.63, 3.8) is 0 Å². The Bertz CT molecular complexity index is 1380. The van der Waals surface area contributed by atoms with E-state index in [-0.39, 0.29) is 23.6 Å². The van der Waals surface area contributed by atoms with Crippen LogP contribution in [0.25, 0.3) is 6.08 Å². The SMILES string of the molecule is COc1ccc(N2C(=O)[C@@H]3[C@H](C2=O)[C@H]2C=Cc4ccccc4N2[C@@H]3C(=O)c2ccc(Br)cc2)cc1. The van der Waals surface area contributed by atoms with E-state index in [0.29, 0.717) is 17.0 Å². The number of anilines is 2. The number of halogens is 1. The number of amides is 2. The third-order valence-electron chi connectivity index (χ3n) is 7.14. The highest BCUT2D eigenvalue weighted by Crippen LogP contribution is 2.49. The molecule has 174 valence electrons. The number of ether oxygens (including phenoxy) is 1. The predicted octanol–water partition coefficient (Wildman–Crippen LogP) is 4.73. The number of nitrogens with zero attached hydrogens (tertiary/aromatic N) is 2. The number of methoxy groups -OCH3 is 1. The van der Waals surface area contributed by atoms with Crippen LogP contribution in [-0.2, 0) is 9.59 Å². The number of imide groups is 1. The number of rotatable bonds is 4. The van der Waals surface area contributed by atoms with E-state index in [2.05, 4.69) is 15.9 Å². The van der Waals surface area contributed by atoms with Crippen molar-refractivity contribution in [1.82, 2.24) is 0 Å². The number of Topliss-reactive ketones (excluding diaryl/α,β-unsaturated/α-hetero) is 1. The zero-order valence-electron chi connectivity index (χ0n) is 18.8. The van der Waals surface area contributed by atoms with Gasteiger partial charge in [0, 0.05) is 15.7 Å². The molecule has 0 radical (unpaired) electrons. The van der Waals surface area contributed by atoms with E-state index >= 15 is 0 Å². The van der Waals surface area contributed by atoms with Crippen LogP contribution in [0, 0.1) is 11.8 Å². The standard InChI is InChI=1S/C28H21BrN2O4/c1-35-20-13-11-19(12-14-20)30-27(33)23-22-15-8-16-4-2-3-5-21(16)31(22)25(24(23)28(30)34)26(32)17-6-9-18(29)10-7-17/h2-15,22-25H,1H3/t22-,23-,24-,25+/m1/s1. The first-order valence-corrected chi connectivity index (χ1v) is 12.2. The second-order valence-corrected chi connectivity index (χ2v) is 9.81. The van der Waals surface area contributed by atoms with Crippen LogP contribution in [0.1, 0.15) is 15.9 Å². The van der Waals surface area contributed by atoms with Crippen molar-refractivity contribution in [3.8, 4) is 5.75 Å². The third kappa shape index (κ3) is 3.26. The lowest BCUT2D eigenvalue weighted by Crippen LogP contribution is -2.48. The number of carbonyl (C=O) groups is 3. The van der Waals surface area contributed by atoms with Crippen molar-refractivity contribution in [3.05, 3.63) is 94.5 Å². The van der Waals surface area contributed by atoms with Crippen molar-refractivity contribution in [2.45, 2.75) is 12.1 Å². The second kappa shape index (κ2) is 8.20. The Morgan fingerprint density at radius 3 is 2.29 bits per heavy atom. The lowest BCUT2D eigenvalue weighted by Gasteiger charge is -2.36. The van der Waals surface area contributed by atoms with Crippen molar-refractivity contribution in [1.29, 1.82) is 0 Å². The first-order chi connectivity index (χ1) is 17.0. The number of hydrogen-bond acceptors (Lipinski definition) is 5. The molecular weight excluding hydrogens is 508 g/mol. The molecule has 3 aromatic carbocycles. The van der Waals surface area contributed by atoms with Crippen LogP contribution in [0.5, 0.6) is 5.75 Å². The first kappa shape index (κ1) is 21.8. The second-order valence-electron chi connectivity index (χ2n) is 8.89. The fourth-order valence-electron chi connectivity index (χ4n) is 5.58. The van der Waals surface area contributed by atoms with Crippen LogP contribution >= 0.6 is 15.9 Å². The van der Waals surface area contributed by atoms with Crippen molar-refractivity contribution in [2.24, 2.45) is 11.8 Å². The molecule has 0 saturated carbocycles. The molecule has 0 unspecified atom stereocenters. The molecule has 4 atom stereocenters. The summed E-state index contributed by atoms with van der Waals surface area (Å²) in [6.45, 7) is 0. The molecule has 0 bridgehead atoms. The molecule has 35 heavy (non-hydrogen) atoms. The van der Waals surface area contributed by atoms with Crippen LogP contribution in [0.4, 0.5) is 11.4 Å². The molecule has 6 nitrogen and oxygen atoms in total. The van der Waals surface area contributed by atoms with Crippen LogP contribution in [0.15, 0.2) is 83.3 Å². The third-order valence-corrected chi connectivity index (χ3v) is 7.67. The van der Waals surface area contributed by atoms with Gasteiger partial charge in [-0.2, -0.15) is 0 Å². The molecule has 0 aromatic heterocycles. The quantitative estimate of drug-likeness (QED) is 0.361. The lowest BCUT2D eigenvalue weighted by atomic mass is 9.86. The summed E-state index contributed by atoms with van der Waals surface area (Å²) in [6, 6.07) is 20.6. The molecule has 2 saturated heterocycles. The monoisotopic (exact) mass is 528 g/mol. The summed E-state index contributed by atoms with van der Waals surface area (Å²) in [5.41, 5.74) is 2.82. The lowest BCUT2D eigenvalue weighted by molar-refractivity contribution is -0.122. The van der Waals surface area contributed by atoms with Crippen LogP contribution in [0.3, 0.4) is 0 Å². The maximum absolute atomic E-state index is 14.0. The average molecular weight is 529 g/mol. The smallest absolute Gasteiger partial charge is 0.240 e. The maximum atomic E-state index is 14.0. The van der Waals surface area contributed by atoms with Gasteiger partial charge in [0.15, 0.2) is 5.78 Å². The van der Waals surface area contributed by atoms with Gasteiger partial charge in [-0.1, -0.05) is 58.4 Å². The number of ketones is 1. The molecule has 0 aliphatic carbocycles. The first-order valence-electron chi connectivity index (χ1n) is 11.4. The summed E-state index contributed by atoms with van der Waals surface area (Å²) >= 11 is 3.42. The van der Waals surface area contributed by atoms with Crippen LogP contribution < -0.4 is 14.5 Å². The van der Waals surface area contributed by atoms with Gasteiger partial charge in [-0.05, 0) is 48.0 Å². The van der Waals surface area contributed by atoms with Gasteiger partial charge in [0.05, 0.1) is 30.7 Å². The fraction of sp³-hybridized carbons (Fsp3) is 0.179. The van der Waals surface area contributed by atoms with Gasteiger partial charge in [0.1, 0.15) is 11.8 Å². The molecule has 3 aliphatic heterocycles. The Morgan fingerprint density at radius 2 is 1.57 bits per heavy atom. The van der Waals surface area contributed by atoms with Gasteiger partial charge >= 0.3 is 0 Å². The van der Waals surface area contributed by atoms with Gasteiger partial charge < -0.3 is 9.64 Å². The van der Waals surface area contributed by atoms with E-state index in [1.165, 1.54) is 4.90 Å². The largest absolute Gasteiger partial charge is 0.497 e. The minimum absolute atomic E-state index is 0.169. The molecule has 0 N–H and O–H groups in total. The summed E-state index contributed by atoms with van der Waals surface area (Å²) in [5.74, 6) is -1.61. The highest BCUT2D eigenvalue weighted by atomic mass is 79.9. The van der Waals surface area contributed by atoms with Crippen LogP contribution in [-0.4, -0.2) is 36.8 Å². The van der Waals surface area contributed by atoms with E-state index in [4.69, 9.17) is 4.74 Å². The Balaban J connectivity index is 1.47. The average Bonchev–Trinajstić information content (AvgIpc) is 3.37. The Labute approximate surface area is 210 Å². The number of hydrogen-bond donors (Lipinski definition) is 0. The van der Waals surface area contributed by atoms with Gasteiger partial charge in [-0.3, -0.25) is 14.4 Å². The number of benzene rings is 3. The zero-order chi connectivity index (χ0) is 24.3. The Hall–Kier alpha value is -3.71. The molecule has 3 heterocycles. The fourth-order valence-corrected chi connectivity index (χ4v) is 5.85. The molecule has 2 fully saturated rings. The van der Waals surface area contributed by atoms with Gasteiger partial charge in [-0.25, -0.2) is 4.90 Å². The van der Waals surface area contributed by atoms with Gasteiger partial charge in [-0.15, -0.1) is 0 Å². The summed E-state index contributed by atoms with van der Waals surface area (Å²) in [5, 5.41) is 0. The summed E-state index contributed by atoms with van der Waals surface area (Å²) in [4.78, 5) is 44.8. The number of para-hydroxylation sites is 1. The van der Waals surface area contributed by atoms with Crippen LogP contribution in [0.2, 0.25) is 0 Å². The van der Waals surface area contributed by atoms with E-state index in [0.717, 1.165) is 15.7 Å². The molecule has 3 aromatic rings. The molecule has 3 aliphatic rings. The highest BCUT2D eigenvalue weighted by Gasteiger charge is 2.64. The van der Waals surface area contributed by atoms with E-state index in [9.17, 15) is 14.4 Å². The number of fused-ring (bicyclic) bond motifs is 5.